The van der Waals surface area contributed by atoms with Crippen molar-refractivity contribution in [3.8, 4) is 45.5 Å². The molecule has 0 N–H and O–H groups in total. The molecule has 0 atom stereocenters. The molecule has 4 heterocycles. The zero-order valence-corrected chi connectivity index (χ0v) is 37.0. The average molecular weight is 880 g/mol. The monoisotopic (exact) mass is 879 g/mol. The van der Waals surface area contributed by atoms with E-state index < -0.39 is 0 Å². The fourth-order valence-corrected chi connectivity index (χ4v) is 10.8. The lowest BCUT2D eigenvalue weighted by molar-refractivity contribution is 0.668. The molecule has 0 spiro atoms. The molecule has 0 unspecified atom stereocenters. The fourth-order valence-electron chi connectivity index (χ4n) is 10.8. The van der Waals surface area contributed by atoms with Gasteiger partial charge in [-0.1, -0.05) is 152 Å². The van der Waals surface area contributed by atoms with Gasteiger partial charge in [0, 0.05) is 60.8 Å². The first kappa shape index (κ1) is 37.8. The molecule has 0 aliphatic heterocycles. The van der Waals surface area contributed by atoms with Crippen molar-refractivity contribution < 1.29 is 4.42 Å². The molecule has 0 aliphatic carbocycles. The van der Waals surface area contributed by atoms with Crippen LogP contribution in [0.5, 0.6) is 0 Å². The van der Waals surface area contributed by atoms with Gasteiger partial charge in [0.25, 0.3) is 0 Å². The van der Waals surface area contributed by atoms with E-state index in [0.29, 0.717) is 17.5 Å². The van der Waals surface area contributed by atoms with Crippen molar-refractivity contribution in [3.05, 3.63) is 224 Å². The Balaban J connectivity index is 1.06. The highest BCUT2D eigenvalue weighted by atomic mass is 16.3. The summed E-state index contributed by atoms with van der Waals surface area (Å²) in [7, 11) is 0. The van der Waals surface area contributed by atoms with Crippen LogP contribution in [0.15, 0.2) is 229 Å². The van der Waals surface area contributed by atoms with Gasteiger partial charge in [-0.25, -0.2) is 15.0 Å². The third-order valence-electron chi connectivity index (χ3n) is 14.1. The summed E-state index contributed by atoms with van der Waals surface area (Å²) in [6, 6.07) is 79.9. The highest BCUT2D eigenvalue weighted by molar-refractivity contribution is 6.18. The molecule has 69 heavy (non-hydrogen) atoms. The standard InChI is InChI=1S/C63H37N5O/c1-2-20-46(21-3-1)67-54-24-12-10-22-47(54)48-29-28-45(35-55(48)67)62-64-61(44-27-26-38-14-4-5-15-39(38)30-44)65-63(66-62)53-36-52-49-23-11-13-25-59(49)69-60(52)37-58(53)68-56-33-42-18-8-6-16-40(42)31-50(56)51-32-41-17-7-9-19-43(41)34-57(51)68/h1-37H. The zero-order valence-electron chi connectivity index (χ0n) is 37.0. The van der Waals surface area contributed by atoms with Gasteiger partial charge >= 0.3 is 0 Å². The molecule has 0 radical (unpaired) electrons. The van der Waals surface area contributed by atoms with Gasteiger partial charge < -0.3 is 13.6 Å². The second-order valence-corrected chi connectivity index (χ2v) is 18.0. The highest BCUT2D eigenvalue weighted by Gasteiger charge is 2.24. The Bertz CT molecular complexity index is 4520. The first-order valence-corrected chi connectivity index (χ1v) is 23.3. The molecule has 0 amide bonds. The summed E-state index contributed by atoms with van der Waals surface area (Å²) in [5.41, 5.74) is 10.6. The van der Waals surface area contributed by atoms with Crippen LogP contribution in [0.2, 0.25) is 0 Å². The Morgan fingerprint density at radius 2 is 0.812 bits per heavy atom. The van der Waals surface area contributed by atoms with Crippen molar-refractivity contribution in [2.45, 2.75) is 0 Å². The van der Waals surface area contributed by atoms with Gasteiger partial charge in [-0.3, -0.25) is 0 Å². The van der Waals surface area contributed by atoms with Gasteiger partial charge in [-0.05, 0) is 99.0 Å². The van der Waals surface area contributed by atoms with Gasteiger partial charge in [-0.15, -0.1) is 0 Å². The van der Waals surface area contributed by atoms with Crippen LogP contribution in [0.25, 0.3) is 143 Å². The smallest absolute Gasteiger partial charge is 0.166 e. The van der Waals surface area contributed by atoms with Gasteiger partial charge in [0.05, 0.1) is 27.8 Å². The van der Waals surface area contributed by atoms with Crippen LogP contribution in [-0.4, -0.2) is 24.1 Å². The van der Waals surface area contributed by atoms with E-state index in [0.717, 1.165) is 99.0 Å². The lowest BCUT2D eigenvalue weighted by atomic mass is 10.0. The SMILES string of the molecule is c1ccc(-n2c3ccccc3c3ccc(-c4nc(-c5ccc6ccccc6c5)nc(-c5cc6c(cc5-n5c7cc8ccccc8cc7c7cc8ccccc8cc75)oc5ccccc56)n4)cc32)cc1. The van der Waals surface area contributed by atoms with E-state index in [9.17, 15) is 0 Å². The maximum atomic E-state index is 6.72. The minimum Gasteiger partial charge on any atom is -0.456 e. The van der Waals surface area contributed by atoms with E-state index in [4.69, 9.17) is 19.4 Å². The molecule has 0 aliphatic rings. The summed E-state index contributed by atoms with van der Waals surface area (Å²) in [5, 5.41) is 13.7. The third kappa shape index (κ3) is 5.82. The van der Waals surface area contributed by atoms with Gasteiger partial charge in [0.1, 0.15) is 11.2 Å². The molecule has 15 rings (SSSR count). The number of para-hydroxylation sites is 3. The molecule has 0 saturated carbocycles. The minimum absolute atomic E-state index is 0.561. The number of rotatable bonds is 5. The number of aromatic nitrogens is 5. The van der Waals surface area contributed by atoms with Gasteiger partial charge in [0.15, 0.2) is 17.5 Å². The van der Waals surface area contributed by atoms with Crippen LogP contribution in [0.3, 0.4) is 0 Å². The maximum Gasteiger partial charge on any atom is 0.166 e. The Labute approximate surface area is 394 Å². The summed E-state index contributed by atoms with van der Waals surface area (Å²) in [5.74, 6) is 1.73. The van der Waals surface area contributed by atoms with Crippen molar-refractivity contribution in [3.63, 3.8) is 0 Å². The predicted octanol–water partition coefficient (Wildman–Crippen LogP) is 16.4. The van der Waals surface area contributed by atoms with E-state index >= 15 is 0 Å². The van der Waals surface area contributed by atoms with Crippen LogP contribution in [0.1, 0.15) is 0 Å². The quantitative estimate of drug-likeness (QED) is 0.173. The Hall–Kier alpha value is -9.39. The molecular formula is C63H37N5O. The fraction of sp³-hybridized carbons (Fsp3) is 0. The van der Waals surface area contributed by atoms with Crippen molar-refractivity contribution in [1.82, 2.24) is 24.1 Å². The topological polar surface area (TPSA) is 61.7 Å². The number of fused-ring (bicyclic) bond motifs is 12. The average Bonchev–Trinajstić information content (AvgIpc) is 4.05. The maximum absolute atomic E-state index is 6.72. The van der Waals surface area contributed by atoms with Crippen LogP contribution < -0.4 is 0 Å². The summed E-state index contributed by atoms with van der Waals surface area (Å²) < 4.78 is 11.5. The highest BCUT2D eigenvalue weighted by Crippen LogP contribution is 2.43. The number of hydrogen-bond acceptors (Lipinski definition) is 4. The van der Waals surface area contributed by atoms with E-state index in [2.05, 4.69) is 221 Å². The molecule has 320 valence electrons. The van der Waals surface area contributed by atoms with Crippen LogP contribution in [0, 0.1) is 0 Å². The van der Waals surface area contributed by atoms with Crippen molar-refractivity contribution in [1.29, 1.82) is 0 Å². The second-order valence-electron chi connectivity index (χ2n) is 18.0. The molecule has 0 saturated heterocycles. The lowest BCUT2D eigenvalue weighted by Crippen LogP contribution is -2.04. The lowest BCUT2D eigenvalue weighted by Gasteiger charge is -2.16. The second kappa shape index (κ2) is 14.6. The molecule has 6 heteroatoms. The van der Waals surface area contributed by atoms with Crippen molar-refractivity contribution in [2.75, 3.05) is 0 Å². The van der Waals surface area contributed by atoms with Crippen LogP contribution in [0.4, 0.5) is 0 Å². The van der Waals surface area contributed by atoms with Crippen molar-refractivity contribution in [2.24, 2.45) is 0 Å². The zero-order chi connectivity index (χ0) is 45.2. The molecular weight excluding hydrogens is 843 g/mol. The first-order valence-electron chi connectivity index (χ1n) is 23.3. The Morgan fingerprint density at radius 3 is 1.52 bits per heavy atom. The summed E-state index contributed by atoms with van der Waals surface area (Å²) >= 11 is 0. The van der Waals surface area contributed by atoms with Crippen LogP contribution in [-0.2, 0) is 0 Å². The van der Waals surface area contributed by atoms with E-state index in [1.54, 1.807) is 0 Å². The largest absolute Gasteiger partial charge is 0.456 e. The molecule has 0 bridgehead atoms. The number of nitrogens with zero attached hydrogens (tertiary/aromatic N) is 5. The number of hydrogen-bond donors (Lipinski definition) is 0. The van der Waals surface area contributed by atoms with E-state index in [-0.39, 0.29) is 0 Å². The Morgan fingerprint density at radius 1 is 0.290 bits per heavy atom. The molecule has 11 aromatic carbocycles. The van der Waals surface area contributed by atoms with E-state index in [1.807, 2.05) is 12.1 Å². The summed E-state index contributed by atoms with van der Waals surface area (Å²) in [6.07, 6.45) is 0. The number of furan rings is 1. The van der Waals surface area contributed by atoms with Crippen molar-refractivity contribution >= 4 is 97.9 Å². The predicted molar refractivity (Wildman–Crippen MR) is 285 cm³/mol. The number of benzene rings is 11. The molecule has 6 nitrogen and oxygen atoms in total. The van der Waals surface area contributed by atoms with Crippen LogP contribution >= 0.6 is 0 Å². The van der Waals surface area contributed by atoms with Gasteiger partial charge in [0.2, 0.25) is 0 Å². The molecule has 4 aromatic heterocycles. The normalized spacial score (nSPS) is 12.1. The Kier molecular flexibility index (Phi) is 7.97. The van der Waals surface area contributed by atoms with E-state index in [1.165, 1.54) is 26.9 Å². The third-order valence-corrected chi connectivity index (χ3v) is 14.1. The molecule has 15 aromatic rings. The van der Waals surface area contributed by atoms with Gasteiger partial charge in [-0.2, -0.15) is 0 Å². The first-order chi connectivity index (χ1) is 34.2. The summed E-state index contributed by atoms with van der Waals surface area (Å²) in [4.78, 5) is 16.4. The summed E-state index contributed by atoms with van der Waals surface area (Å²) in [6.45, 7) is 0. The molecule has 0 fully saturated rings. The minimum atomic E-state index is 0.561.